The number of benzene rings is 1. The first-order chi connectivity index (χ1) is 11.8. The number of carbonyl (C=O) groups is 2. The topological polar surface area (TPSA) is 80.6 Å². The Morgan fingerprint density at radius 3 is 2.40 bits per heavy atom. The third kappa shape index (κ3) is 4.85. The van der Waals surface area contributed by atoms with E-state index in [1.807, 2.05) is 32.0 Å². The molecule has 2 amide bonds. The van der Waals surface area contributed by atoms with Gasteiger partial charge >= 0.3 is 0 Å². The van der Waals surface area contributed by atoms with E-state index in [9.17, 15) is 9.59 Å². The summed E-state index contributed by atoms with van der Waals surface area (Å²) in [5, 5.41) is 0. The highest BCUT2D eigenvalue weighted by Crippen LogP contribution is 2.26. The molecule has 1 aromatic heterocycles. The fraction of sp³-hybridized carbons (Fsp3) is 0.333. The largest absolute Gasteiger partial charge is 0.479 e. The highest BCUT2D eigenvalue weighted by molar-refractivity contribution is 9.10. The Bertz CT molecular complexity index is 770. The van der Waals surface area contributed by atoms with Crippen molar-refractivity contribution in [3.63, 3.8) is 0 Å². The van der Waals surface area contributed by atoms with Gasteiger partial charge in [0.2, 0.25) is 0 Å². The molecule has 1 aromatic carbocycles. The van der Waals surface area contributed by atoms with Crippen molar-refractivity contribution in [2.75, 3.05) is 0 Å². The van der Waals surface area contributed by atoms with E-state index in [4.69, 9.17) is 9.15 Å². The number of hydrogen-bond donors (Lipinski definition) is 2. The van der Waals surface area contributed by atoms with E-state index in [1.54, 1.807) is 26.0 Å². The molecular formula is C18H21BrN2O4. The minimum atomic E-state index is -0.758. The number of nitrogens with one attached hydrogen (secondary N) is 2. The number of ether oxygens (including phenoxy) is 1. The van der Waals surface area contributed by atoms with Crippen molar-refractivity contribution < 1.29 is 18.7 Å². The lowest BCUT2D eigenvalue weighted by Crippen LogP contribution is -2.49. The quantitative estimate of drug-likeness (QED) is 0.741. The summed E-state index contributed by atoms with van der Waals surface area (Å²) < 4.78 is 11.9. The molecule has 2 rings (SSSR count). The highest BCUT2D eigenvalue weighted by Gasteiger charge is 2.26. The van der Waals surface area contributed by atoms with Gasteiger partial charge in [-0.1, -0.05) is 26.0 Å². The van der Waals surface area contributed by atoms with Crippen molar-refractivity contribution >= 4 is 27.7 Å². The molecule has 0 saturated carbocycles. The number of hydrazine groups is 1. The zero-order valence-electron chi connectivity index (χ0n) is 14.6. The summed E-state index contributed by atoms with van der Waals surface area (Å²) in [6, 6.07) is 8.89. The molecule has 1 unspecified atom stereocenters. The van der Waals surface area contributed by atoms with Crippen LogP contribution < -0.4 is 15.6 Å². The fourth-order valence-corrected chi connectivity index (χ4v) is 2.66. The lowest BCUT2D eigenvalue weighted by molar-refractivity contribution is -0.130. The predicted octanol–water partition coefficient (Wildman–Crippen LogP) is 3.52. The van der Waals surface area contributed by atoms with Crippen LogP contribution in [0.1, 0.15) is 35.7 Å². The summed E-state index contributed by atoms with van der Waals surface area (Å²) in [5.74, 6) is 0.717. The van der Waals surface area contributed by atoms with Crippen LogP contribution >= 0.6 is 15.9 Å². The molecule has 0 aliphatic heterocycles. The highest BCUT2D eigenvalue weighted by atomic mass is 79.9. The molecule has 0 fully saturated rings. The second kappa shape index (κ2) is 8.20. The minimum Gasteiger partial charge on any atom is -0.479 e. The second-order valence-corrected chi connectivity index (χ2v) is 6.84. The zero-order valence-corrected chi connectivity index (χ0v) is 16.1. The lowest BCUT2D eigenvalue weighted by Gasteiger charge is -2.22. The standard InChI is InChI=1S/C18H21BrN2O4/c1-10(2)16(25-15-8-6-5-7-14(15)19)18(23)21-20-17(22)13-9-11(3)24-12(13)4/h5-10,16H,1-4H3,(H,20,22)(H,21,23). The smallest absolute Gasteiger partial charge is 0.279 e. The molecule has 2 N–H and O–H groups in total. The average molecular weight is 409 g/mol. The van der Waals surface area contributed by atoms with Crippen LogP contribution in [0.2, 0.25) is 0 Å². The van der Waals surface area contributed by atoms with E-state index in [0.717, 1.165) is 4.47 Å². The van der Waals surface area contributed by atoms with Gasteiger partial charge in [0.25, 0.3) is 11.8 Å². The molecule has 134 valence electrons. The molecule has 1 heterocycles. The minimum absolute atomic E-state index is 0.0954. The van der Waals surface area contributed by atoms with Crippen LogP contribution in [-0.4, -0.2) is 17.9 Å². The van der Waals surface area contributed by atoms with Crippen LogP contribution in [0.5, 0.6) is 5.75 Å². The summed E-state index contributed by atoms with van der Waals surface area (Å²) in [4.78, 5) is 24.6. The van der Waals surface area contributed by atoms with Gasteiger partial charge in [-0.15, -0.1) is 0 Å². The van der Waals surface area contributed by atoms with Crippen LogP contribution in [0.15, 0.2) is 39.2 Å². The number of carbonyl (C=O) groups excluding carboxylic acids is 2. The molecule has 0 spiro atoms. The van der Waals surface area contributed by atoms with Gasteiger partial charge in [-0.25, -0.2) is 0 Å². The van der Waals surface area contributed by atoms with Gasteiger partial charge in [0.15, 0.2) is 6.10 Å². The molecule has 1 atom stereocenters. The Morgan fingerprint density at radius 1 is 1.16 bits per heavy atom. The van der Waals surface area contributed by atoms with Gasteiger partial charge in [-0.3, -0.25) is 20.4 Å². The van der Waals surface area contributed by atoms with E-state index in [2.05, 4.69) is 26.8 Å². The van der Waals surface area contributed by atoms with Gasteiger partial charge in [-0.2, -0.15) is 0 Å². The van der Waals surface area contributed by atoms with Crippen LogP contribution in [0.3, 0.4) is 0 Å². The number of aryl methyl sites for hydroxylation is 2. The van der Waals surface area contributed by atoms with Crippen molar-refractivity contribution in [1.82, 2.24) is 10.9 Å². The molecule has 25 heavy (non-hydrogen) atoms. The van der Waals surface area contributed by atoms with Gasteiger partial charge in [0.05, 0.1) is 10.0 Å². The Labute approximate surface area is 155 Å². The van der Waals surface area contributed by atoms with Gasteiger partial charge < -0.3 is 9.15 Å². The Kier molecular flexibility index (Phi) is 6.25. The molecule has 2 aromatic rings. The maximum absolute atomic E-state index is 12.4. The van der Waals surface area contributed by atoms with Crippen LogP contribution in [0.25, 0.3) is 0 Å². The summed E-state index contributed by atoms with van der Waals surface area (Å²) in [7, 11) is 0. The average Bonchev–Trinajstić information content (AvgIpc) is 2.89. The molecule has 7 heteroatoms. The van der Waals surface area contributed by atoms with E-state index in [-0.39, 0.29) is 5.92 Å². The van der Waals surface area contributed by atoms with Crippen molar-refractivity contribution in [3.8, 4) is 5.75 Å². The molecule has 6 nitrogen and oxygen atoms in total. The molecule has 0 aliphatic rings. The van der Waals surface area contributed by atoms with E-state index >= 15 is 0 Å². The number of rotatable bonds is 5. The summed E-state index contributed by atoms with van der Waals surface area (Å²) in [6.45, 7) is 7.18. The van der Waals surface area contributed by atoms with Crippen molar-refractivity contribution in [1.29, 1.82) is 0 Å². The first-order valence-electron chi connectivity index (χ1n) is 7.88. The lowest BCUT2D eigenvalue weighted by atomic mass is 10.1. The van der Waals surface area contributed by atoms with Crippen molar-refractivity contribution in [3.05, 3.63) is 51.9 Å². The monoisotopic (exact) mass is 408 g/mol. The fourth-order valence-electron chi connectivity index (χ4n) is 2.28. The normalized spacial score (nSPS) is 11.9. The molecule has 0 saturated heterocycles. The second-order valence-electron chi connectivity index (χ2n) is 5.98. The number of amides is 2. The van der Waals surface area contributed by atoms with Crippen molar-refractivity contribution in [2.24, 2.45) is 5.92 Å². The number of para-hydroxylation sites is 1. The third-order valence-corrected chi connectivity index (χ3v) is 4.19. The zero-order chi connectivity index (χ0) is 18.6. The molecule has 0 aliphatic carbocycles. The molecule has 0 radical (unpaired) electrons. The third-order valence-electron chi connectivity index (χ3n) is 3.54. The molecule has 0 bridgehead atoms. The Morgan fingerprint density at radius 2 is 1.84 bits per heavy atom. The van der Waals surface area contributed by atoms with E-state index in [0.29, 0.717) is 22.8 Å². The van der Waals surface area contributed by atoms with E-state index < -0.39 is 17.9 Å². The summed E-state index contributed by atoms with van der Waals surface area (Å²) >= 11 is 3.39. The number of hydrogen-bond acceptors (Lipinski definition) is 4. The summed E-state index contributed by atoms with van der Waals surface area (Å²) in [5.41, 5.74) is 5.20. The maximum Gasteiger partial charge on any atom is 0.279 e. The summed E-state index contributed by atoms with van der Waals surface area (Å²) in [6.07, 6.45) is -0.758. The van der Waals surface area contributed by atoms with Crippen LogP contribution in [0.4, 0.5) is 0 Å². The maximum atomic E-state index is 12.4. The predicted molar refractivity (Wildman–Crippen MR) is 97.2 cm³/mol. The SMILES string of the molecule is Cc1cc(C(=O)NNC(=O)C(Oc2ccccc2Br)C(C)C)c(C)o1. The van der Waals surface area contributed by atoms with Gasteiger partial charge in [0.1, 0.15) is 17.3 Å². The first kappa shape index (κ1) is 19.1. The van der Waals surface area contributed by atoms with E-state index in [1.165, 1.54) is 0 Å². The van der Waals surface area contributed by atoms with Crippen LogP contribution in [0, 0.1) is 19.8 Å². The number of halogens is 1. The van der Waals surface area contributed by atoms with Gasteiger partial charge in [0, 0.05) is 0 Å². The van der Waals surface area contributed by atoms with Gasteiger partial charge in [-0.05, 0) is 53.9 Å². The van der Waals surface area contributed by atoms with Crippen LogP contribution in [-0.2, 0) is 4.79 Å². The molecular weight excluding hydrogens is 388 g/mol. The Balaban J connectivity index is 2.02. The first-order valence-corrected chi connectivity index (χ1v) is 8.67. The van der Waals surface area contributed by atoms with Crippen molar-refractivity contribution in [2.45, 2.75) is 33.8 Å². The number of furan rings is 1. The Hall–Kier alpha value is -2.28.